The third-order valence-electron chi connectivity index (χ3n) is 4.42. The Morgan fingerprint density at radius 2 is 1.92 bits per heavy atom. The van der Waals surface area contributed by atoms with Crippen LogP contribution in [0.1, 0.15) is 33.3 Å². The van der Waals surface area contributed by atoms with E-state index < -0.39 is 11.9 Å². The zero-order valence-corrected chi connectivity index (χ0v) is 13.2. The van der Waals surface area contributed by atoms with E-state index in [0.29, 0.717) is 16.5 Å². The summed E-state index contributed by atoms with van der Waals surface area (Å²) in [6.07, 6.45) is 0. The molecule has 24 heavy (non-hydrogen) atoms. The van der Waals surface area contributed by atoms with Crippen molar-refractivity contribution in [3.8, 4) is 0 Å². The van der Waals surface area contributed by atoms with Crippen molar-refractivity contribution in [3.63, 3.8) is 0 Å². The van der Waals surface area contributed by atoms with E-state index in [1.54, 1.807) is 31.3 Å². The molecule has 0 saturated carbocycles. The molecule has 0 spiro atoms. The number of amides is 1. The van der Waals surface area contributed by atoms with Crippen LogP contribution in [-0.2, 0) is 0 Å². The van der Waals surface area contributed by atoms with Gasteiger partial charge in [-0.15, -0.1) is 0 Å². The predicted molar refractivity (Wildman–Crippen MR) is 87.6 cm³/mol. The number of carbonyl (C=O) groups excluding carboxylic acids is 1. The zero-order valence-electron chi connectivity index (χ0n) is 13.2. The summed E-state index contributed by atoms with van der Waals surface area (Å²) in [5, 5.41) is 0.429. The van der Waals surface area contributed by atoms with Gasteiger partial charge in [0.25, 0.3) is 5.91 Å². The number of fused-ring (bicyclic) bond motifs is 2. The van der Waals surface area contributed by atoms with Crippen LogP contribution in [-0.4, -0.2) is 17.9 Å². The van der Waals surface area contributed by atoms with E-state index >= 15 is 0 Å². The Morgan fingerprint density at radius 1 is 1.12 bits per heavy atom. The molecule has 1 atom stereocenters. The number of aryl methyl sites for hydroxylation is 1. The first-order chi connectivity index (χ1) is 11.5. The average Bonchev–Trinajstić information content (AvgIpc) is 2.81. The van der Waals surface area contributed by atoms with E-state index in [-0.39, 0.29) is 22.7 Å². The maximum atomic E-state index is 13.6. The third-order valence-corrected chi connectivity index (χ3v) is 4.42. The first-order valence-corrected chi connectivity index (χ1v) is 7.57. The quantitative estimate of drug-likeness (QED) is 0.689. The number of hydrogen-bond acceptors (Lipinski definition) is 3. The van der Waals surface area contributed by atoms with Crippen molar-refractivity contribution in [1.82, 2.24) is 4.90 Å². The first kappa shape index (κ1) is 14.6. The highest BCUT2D eigenvalue weighted by Gasteiger charge is 2.40. The van der Waals surface area contributed by atoms with Crippen molar-refractivity contribution in [2.45, 2.75) is 13.0 Å². The number of nitrogens with zero attached hydrogens (tertiary/aromatic N) is 1. The highest BCUT2D eigenvalue weighted by atomic mass is 19.1. The van der Waals surface area contributed by atoms with Crippen LogP contribution in [0.3, 0.4) is 0 Å². The van der Waals surface area contributed by atoms with E-state index in [2.05, 4.69) is 0 Å². The largest absolute Gasteiger partial charge is 0.450 e. The second kappa shape index (κ2) is 5.03. The minimum Gasteiger partial charge on any atom is -0.450 e. The number of halogens is 1. The molecule has 1 aromatic heterocycles. The fraction of sp³-hybridized carbons (Fsp3) is 0.158. The highest BCUT2D eigenvalue weighted by Crippen LogP contribution is 2.37. The fourth-order valence-corrected chi connectivity index (χ4v) is 3.27. The molecule has 0 N–H and O–H groups in total. The van der Waals surface area contributed by atoms with E-state index in [4.69, 9.17) is 4.42 Å². The molecule has 0 radical (unpaired) electrons. The average molecular weight is 323 g/mol. The van der Waals surface area contributed by atoms with E-state index in [9.17, 15) is 14.0 Å². The lowest BCUT2D eigenvalue weighted by molar-refractivity contribution is 0.0771. The topological polar surface area (TPSA) is 50.5 Å². The zero-order chi connectivity index (χ0) is 17.0. The Morgan fingerprint density at radius 3 is 2.67 bits per heavy atom. The molecule has 120 valence electrons. The van der Waals surface area contributed by atoms with Crippen molar-refractivity contribution in [2.24, 2.45) is 0 Å². The summed E-state index contributed by atoms with van der Waals surface area (Å²) in [6, 6.07) is 10.5. The van der Waals surface area contributed by atoms with Gasteiger partial charge in [-0.1, -0.05) is 23.8 Å². The van der Waals surface area contributed by atoms with Gasteiger partial charge in [-0.3, -0.25) is 9.59 Å². The Hall–Kier alpha value is -2.95. The van der Waals surface area contributed by atoms with Gasteiger partial charge in [0.2, 0.25) is 5.76 Å². The summed E-state index contributed by atoms with van der Waals surface area (Å²) >= 11 is 0. The second-order valence-corrected chi connectivity index (χ2v) is 6.05. The molecule has 4 rings (SSSR count). The summed E-state index contributed by atoms with van der Waals surface area (Å²) in [4.78, 5) is 26.9. The summed E-state index contributed by atoms with van der Waals surface area (Å²) in [7, 11) is 1.59. The molecule has 5 heteroatoms. The summed E-state index contributed by atoms with van der Waals surface area (Å²) in [5.41, 5.74) is 1.87. The van der Waals surface area contributed by atoms with Crippen molar-refractivity contribution in [1.29, 1.82) is 0 Å². The van der Waals surface area contributed by atoms with Crippen LogP contribution in [0.5, 0.6) is 0 Å². The Balaban J connectivity index is 2.05. The number of rotatable bonds is 1. The molecule has 0 fully saturated rings. The standard InChI is InChI=1S/C19H14FNO3/c1-10-6-7-14-13(8-10)17(22)15-16(11-4-3-5-12(20)9-11)21(2)19(23)18(15)24-14/h3-9,16H,1-2H3/t16-/m0/s1. The molecule has 3 aromatic rings. The molecule has 1 aliphatic rings. The molecular weight excluding hydrogens is 309 g/mol. The summed E-state index contributed by atoms with van der Waals surface area (Å²) in [6.45, 7) is 1.88. The SMILES string of the molecule is Cc1ccc2oc3c(c(=O)c2c1)[C@H](c1cccc(F)c1)N(C)C3=O. The summed E-state index contributed by atoms with van der Waals surface area (Å²) in [5.74, 6) is -0.755. The lowest BCUT2D eigenvalue weighted by Crippen LogP contribution is -2.25. The molecule has 1 aliphatic heterocycles. The van der Waals surface area contributed by atoms with Crippen molar-refractivity contribution < 1.29 is 13.6 Å². The van der Waals surface area contributed by atoms with Crippen LogP contribution in [0.25, 0.3) is 11.0 Å². The monoisotopic (exact) mass is 323 g/mol. The maximum absolute atomic E-state index is 13.6. The van der Waals surface area contributed by atoms with Crippen LogP contribution < -0.4 is 5.43 Å². The second-order valence-electron chi connectivity index (χ2n) is 6.05. The van der Waals surface area contributed by atoms with Crippen LogP contribution in [0.4, 0.5) is 4.39 Å². The Labute approximate surface area is 137 Å². The van der Waals surface area contributed by atoms with Gasteiger partial charge in [0.15, 0.2) is 5.43 Å². The third kappa shape index (κ3) is 1.98. The molecule has 0 bridgehead atoms. The van der Waals surface area contributed by atoms with Crippen molar-refractivity contribution in [3.05, 3.63) is 81.0 Å². The van der Waals surface area contributed by atoms with Gasteiger partial charge in [0, 0.05) is 7.05 Å². The van der Waals surface area contributed by atoms with Gasteiger partial charge in [0.05, 0.1) is 17.0 Å². The molecule has 1 amide bonds. The van der Waals surface area contributed by atoms with Gasteiger partial charge in [0.1, 0.15) is 11.4 Å². The lowest BCUT2D eigenvalue weighted by Gasteiger charge is -2.20. The van der Waals surface area contributed by atoms with Crippen LogP contribution in [0.2, 0.25) is 0 Å². The molecule has 0 unspecified atom stereocenters. The molecule has 2 aromatic carbocycles. The summed E-state index contributed by atoms with van der Waals surface area (Å²) < 4.78 is 19.3. The molecule has 0 aliphatic carbocycles. The van der Waals surface area contributed by atoms with Crippen LogP contribution in [0.15, 0.2) is 51.7 Å². The van der Waals surface area contributed by atoms with Crippen molar-refractivity contribution in [2.75, 3.05) is 7.05 Å². The Kier molecular flexibility index (Phi) is 3.06. The molecule has 2 heterocycles. The molecule has 4 nitrogen and oxygen atoms in total. The minimum atomic E-state index is -0.649. The van der Waals surface area contributed by atoms with Crippen LogP contribution >= 0.6 is 0 Å². The van der Waals surface area contributed by atoms with Gasteiger partial charge in [-0.05, 0) is 36.8 Å². The van der Waals surface area contributed by atoms with E-state index in [1.807, 2.05) is 13.0 Å². The van der Waals surface area contributed by atoms with E-state index in [1.165, 1.54) is 17.0 Å². The fourth-order valence-electron chi connectivity index (χ4n) is 3.27. The maximum Gasteiger partial charge on any atom is 0.290 e. The van der Waals surface area contributed by atoms with Crippen molar-refractivity contribution >= 4 is 16.9 Å². The number of benzene rings is 2. The molecular formula is C19H14FNO3. The van der Waals surface area contributed by atoms with Gasteiger partial charge in [-0.25, -0.2) is 4.39 Å². The highest BCUT2D eigenvalue weighted by molar-refractivity contribution is 5.98. The minimum absolute atomic E-state index is 0.0353. The van der Waals surface area contributed by atoms with Gasteiger partial charge >= 0.3 is 0 Å². The normalized spacial score (nSPS) is 16.7. The predicted octanol–water partition coefficient (Wildman–Crippen LogP) is 3.42. The first-order valence-electron chi connectivity index (χ1n) is 7.57. The lowest BCUT2D eigenvalue weighted by atomic mass is 9.98. The number of carbonyl (C=O) groups is 1. The van der Waals surface area contributed by atoms with Gasteiger partial charge < -0.3 is 9.32 Å². The van der Waals surface area contributed by atoms with Gasteiger partial charge in [-0.2, -0.15) is 0 Å². The van der Waals surface area contributed by atoms with E-state index in [0.717, 1.165) is 5.56 Å². The number of hydrogen-bond donors (Lipinski definition) is 0. The smallest absolute Gasteiger partial charge is 0.290 e. The van der Waals surface area contributed by atoms with Crippen LogP contribution in [0, 0.1) is 12.7 Å². The Bertz CT molecular complexity index is 1050. The molecule has 0 saturated heterocycles.